The van der Waals surface area contributed by atoms with E-state index in [2.05, 4.69) is 15.5 Å². The van der Waals surface area contributed by atoms with Crippen molar-refractivity contribution in [2.45, 2.75) is 13.0 Å². The van der Waals surface area contributed by atoms with Gasteiger partial charge in [-0.1, -0.05) is 17.7 Å². The third-order valence-electron chi connectivity index (χ3n) is 2.29. The molecule has 0 saturated heterocycles. The van der Waals surface area contributed by atoms with Gasteiger partial charge >= 0.3 is 0 Å². The summed E-state index contributed by atoms with van der Waals surface area (Å²) in [5, 5.41) is 11.4. The van der Waals surface area contributed by atoms with Gasteiger partial charge in [0.05, 0.1) is 10.6 Å². The normalized spacial score (nSPS) is 10.8. The smallest absolute Gasteiger partial charge is 0.186 e. The Morgan fingerprint density at radius 1 is 1.41 bits per heavy atom. The summed E-state index contributed by atoms with van der Waals surface area (Å²) in [6, 6.07) is 4.46. The van der Waals surface area contributed by atoms with Crippen LogP contribution in [0.25, 0.3) is 11.4 Å². The van der Waals surface area contributed by atoms with E-state index < -0.39 is 5.82 Å². The van der Waals surface area contributed by atoms with Crippen molar-refractivity contribution >= 4 is 11.6 Å². The molecule has 0 spiro atoms. The van der Waals surface area contributed by atoms with Crippen molar-refractivity contribution in [2.75, 3.05) is 6.54 Å². The lowest BCUT2D eigenvalue weighted by Crippen LogP contribution is -2.09. The standard InChI is InChI=1S/C10H11ClFN5/c11-7-3-1-4-8(12)9(7)10-14-15-16-17(10)6-2-5-13/h1,3-4H,2,5-6,13H2. The molecule has 0 aliphatic rings. The molecule has 0 atom stereocenters. The van der Waals surface area contributed by atoms with E-state index in [1.807, 2.05) is 0 Å². The molecule has 0 fully saturated rings. The Balaban J connectivity index is 2.43. The Bertz CT molecular complexity index is 493. The number of nitrogens with zero attached hydrogens (tertiary/aromatic N) is 4. The summed E-state index contributed by atoms with van der Waals surface area (Å²) >= 11 is 5.95. The van der Waals surface area contributed by atoms with E-state index in [1.54, 1.807) is 6.07 Å². The lowest BCUT2D eigenvalue weighted by atomic mass is 10.2. The van der Waals surface area contributed by atoms with E-state index in [0.29, 0.717) is 25.3 Å². The number of nitrogens with two attached hydrogens (primary N) is 1. The van der Waals surface area contributed by atoms with E-state index in [0.717, 1.165) is 0 Å². The van der Waals surface area contributed by atoms with Crippen molar-refractivity contribution < 1.29 is 4.39 Å². The highest BCUT2D eigenvalue weighted by atomic mass is 35.5. The molecule has 1 aromatic carbocycles. The van der Waals surface area contributed by atoms with Gasteiger partial charge in [0.2, 0.25) is 0 Å². The van der Waals surface area contributed by atoms with Crippen molar-refractivity contribution in [1.82, 2.24) is 20.2 Å². The second-order valence-electron chi connectivity index (χ2n) is 3.46. The van der Waals surface area contributed by atoms with E-state index >= 15 is 0 Å². The van der Waals surface area contributed by atoms with Crippen LogP contribution in [0.5, 0.6) is 0 Å². The van der Waals surface area contributed by atoms with Crippen LogP contribution >= 0.6 is 11.6 Å². The fourth-order valence-electron chi connectivity index (χ4n) is 1.49. The average Bonchev–Trinajstić information content (AvgIpc) is 2.74. The van der Waals surface area contributed by atoms with Gasteiger partial charge in [-0.15, -0.1) is 5.10 Å². The van der Waals surface area contributed by atoms with Crippen LogP contribution in [0.15, 0.2) is 18.2 Å². The first-order chi connectivity index (χ1) is 8.24. The second-order valence-corrected chi connectivity index (χ2v) is 3.87. The number of benzene rings is 1. The molecule has 0 bridgehead atoms. The van der Waals surface area contributed by atoms with Crippen LogP contribution in [0.1, 0.15) is 6.42 Å². The highest BCUT2D eigenvalue weighted by Gasteiger charge is 2.16. The molecule has 90 valence electrons. The SMILES string of the molecule is NCCCn1nnnc1-c1c(F)cccc1Cl. The molecule has 1 heterocycles. The molecule has 2 N–H and O–H groups in total. The second kappa shape index (κ2) is 5.20. The molecule has 17 heavy (non-hydrogen) atoms. The molecular formula is C10H11ClFN5. The van der Waals surface area contributed by atoms with Gasteiger partial charge in [0.1, 0.15) is 5.82 Å². The van der Waals surface area contributed by atoms with Gasteiger partial charge in [-0.3, -0.25) is 0 Å². The summed E-state index contributed by atoms with van der Waals surface area (Å²) in [6.45, 7) is 1.05. The first kappa shape index (κ1) is 11.9. The minimum Gasteiger partial charge on any atom is -0.330 e. The fraction of sp³-hybridized carbons (Fsp3) is 0.300. The summed E-state index contributed by atoms with van der Waals surface area (Å²) < 4.78 is 15.2. The predicted octanol–water partition coefficient (Wildman–Crippen LogP) is 1.48. The van der Waals surface area contributed by atoms with Gasteiger partial charge in [0.25, 0.3) is 0 Å². The maximum Gasteiger partial charge on any atom is 0.186 e. The van der Waals surface area contributed by atoms with Crippen molar-refractivity contribution in [3.63, 3.8) is 0 Å². The number of tetrazole rings is 1. The van der Waals surface area contributed by atoms with Gasteiger partial charge in [-0.2, -0.15) is 0 Å². The monoisotopic (exact) mass is 255 g/mol. The number of hydrogen-bond donors (Lipinski definition) is 1. The average molecular weight is 256 g/mol. The maximum absolute atomic E-state index is 13.7. The summed E-state index contributed by atoms with van der Waals surface area (Å²) in [4.78, 5) is 0. The molecule has 0 radical (unpaired) electrons. The number of hydrogen-bond acceptors (Lipinski definition) is 4. The Kier molecular flexibility index (Phi) is 3.65. The fourth-order valence-corrected chi connectivity index (χ4v) is 1.73. The number of halogens is 2. The van der Waals surface area contributed by atoms with Gasteiger partial charge in [0, 0.05) is 6.54 Å². The third-order valence-corrected chi connectivity index (χ3v) is 2.61. The molecular weight excluding hydrogens is 245 g/mol. The molecule has 0 aliphatic heterocycles. The molecule has 0 saturated carbocycles. The Hall–Kier alpha value is -1.53. The zero-order valence-electron chi connectivity index (χ0n) is 8.98. The number of rotatable bonds is 4. The third kappa shape index (κ3) is 2.42. The molecule has 0 unspecified atom stereocenters. The summed E-state index contributed by atoms with van der Waals surface area (Å²) in [5.74, 6) is -0.122. The molecule has 1 aromatic heterocycles. The highest BCUT2D eigenvalue weighted by Crippen LogP contribution is 2.28. The van der Waals surface area contributed by atoms with Crippen LogP contribution in [0.4, 0.5) is 4.39 Å². The van der Waals surface area contributed by atoms with Gasteiger partial charge in [-0.25, -0.2) is 9.07 Å². The molecule has 0 amide bonds. The van der Waals surface area contributed by atoms with Crippen LogP contribution in [0.2, 0.25) is 5.02 Å². The van der Waals surface area contributed by atoms with Crippen LogP contribution in [-0.4, -0.2) is 26.8 Å². The van der Waals surface area contributed by atoms with Crippen molar-refractivity contribution in [3.8, 4) is 11.4 Å². The molecule has 0 aliphatic carbocycles. The van der Waals surface area contributed by atoms with Gasteiger partial charge in [-0.05, 0) is 35.5 Å². The van der Waals surface area contributed by atoms with Gasteiger partial charge in [0.15, 0.2) is 5.82 Å². The maximum atomic E-state index is 13.7. The zero-order chi connectivity index (χ0) is 12.3. The molecule has 2 aromatic rings. The Morgan fingerprint density at radius 3 is 2.94 bits per heavy atom. The van der Waals surface area contributed by atoms with Crippen molar-refractivity contribution in [1.29, 1.82) is 0 Å². The minimum atomic E-state index is -0.443. The largest absolute Gasteiger partial charge is 0.330 e. The molecule has 2 rings (SSSR count). The van der Waals surface area contributed by atoms with E-state index in [4.69, 9.17) is 17.3 Å². The predicted molar refractivity (Wildman–Crippen MR) is 61.9 cm³/mol. The lowest BCUT2D eigenvalue weighted by Gasteiger charge is -2.06. The quantitative estimate of drug-likeness (QED) is 0.898. The van der Waals surface area contributed by atoms with Crippen LogP contribution < -0.4 is 5.73 Å². The van der Waals surface area contributed by atoms with E-state index in [-0.39, 0.29) is 10.6 Å². The summed E-state index contributed by atoms with van der Waals surface area (Å²) in [5.41, 5.74) is 5.63. The van der Waals surface area contributed by atoms with Crippen molar-refractivity contribution in [3.05, 3.63) is 29.0 Å². The number of aromatic nitrogens is 4. The van der Waals surface area contributed by atoms with Crippen molar-refractivity contribution in [2.24, 2.45) is 5.73 Å². The first-order valence-corrected chi connectivity index (χ1v) is 5.52. The summed E-state index contributed by atoms with van der Waals surface area (Å²) in [7, 11) is 0. The van der Waals surface area contributed by atoms with E-state index in [9.17, 15) is 4.39 Å². The Morgan fingerprint density at radius 2 is 2.24 bits per heavy atom. The first-order valence-electron chi connectivity index (χ1n) is 5.14. The highest BCUT2D eigenvalue weighted by molar-refractivity contribution is 6.33. The van der Waals surface area contributed by atoms with Gasteiger partial charge < -0.3 is 5.73 Å². The zero-order valence-corrected chi connectivity index (χ0v) is 9.73. The topological polar surface area (TPSA) is 69.6 Å². The molecule has 7 heteroatoms. The number of aryl methyl sites for hydroxylation is 1. The van der Waals surface area contributed by atoms with E-state index in [1.165, 1.54) is 16.8 Å². The van der Waals surface area contributed by atoms with Crippen LogP contribution in [0.3, 0.4) is 0 Å². The minimum absolute atomic E-state index is 0.219. The van der Waals surface area contributed by atoms with Crippen LogP contribution in [0, 0.1) is 5.82 Å². The lowest BCUT2D eigenvalue weighted by molar-refractivity contribution is 0.565. The Labute approximate surface area is 102 Å². The molecule has 5 nitrogen and oxygen atoms in total. The summed E-state index contributed by atoms with van der Waals surface area (Å²) in [6.07, 6.45) is 0.712. The van der Waals surface area contributed by atoms with Crippen LogP contribution in [-0.2, 0) is 6.54 Å².